The summed E-state index contributed by atoms with van der Waals surface area (Å²) in [4.78, 5) is 24.9. The van der Waals surface area contributed by atoms with Gasteiger partial charge in [-0.25, -0.2) is 9.97 Å². The number of nitrogens with two attached hydrogens (primary N) is 1. The van der Waals surface area contributed by atoms with Crippen LogP contribution >= 0.6 is 11.8 Å². The molecule has 0 saturated carbocycles. The first-order valence-corrected chi connectivity index (χ1v) is 8.39. The minimum atomic E-state index is -0.250. The van der Waals surface area contributed by atoms with E-state index >= 15 is 0 Å². The number of fused-ring (bicyclic) bond motifs is 1. The van der Waals surface area contributed by atoms with Gasteiger partial charge in [0.05, 0.1) is 17.4 Å². The Hall–Kier alpha value is -2.61. The summed E-state index contributed by atoms with van der Waals surface area (Å²) in [5, 5.41) is 2.84. The Kier molecular flexibility index (Phi) is 4.42. The van der Waals surface area contributed by atoms with E-state index in [1.807, 2.05) is 10.8 Å². The number of pyridine rings is 2. The van der Waals surface area contributed by atoms with Crippen molar-refractivity contribution < 1.29 is 4.79 Å². The molecule has 0 saturated heterocycles. The van der Waals surface area contributed by atoms with Gasteiger partial charge in [-0.1, -0.05) is 0 Å². The van der Waals surface area contributed by atoms with Crippen LogP contribution in [-0.2, 0) is 6.54 Å². The number of aryl methyl sites for hydroxylation is 1. The summed E-state index contributed by atoms with van der Waals surface area (Å²) in [5.41, 5.74) is 8.26. The Morgan fingerprint density at radius 3 is 2.87 bits per heavy atom. The van der Waals surface area contributed by atoms with Gasteiger partial charge in [-0.2, -0.15) is 11.8 Å². The van der Waals surface area contributed by atoms with Crippen molar-refractivity contribution in [3.8, 4) is 0 Å². The minimum Gasteiger partial charge on any atom is -0.382 e. The number of carbonyl (C=O) groups excluding carboxylic acids is 1. The molecule has 0 aliphatic carbocycles. The lowest BCUT2D eigenvalue weighted by Crippen LogP contribution is -2.15. The van der Waals surface area contributed by atoms with Crippen LogP contribution < -0.4 is 11.1 Å². The molecule has 3 rings (SSSR count). The molecule has 0 spiro atoms. The minimum absolute atomic E-state index is 0.250. The van der Waals surface area contributed by atoms with Crippen molar-refractivity contribution in [3.05, 3.63) is 42.6 Å². The van der Waals surface area contributed by atoms with E-state index in [4.69, 9.17) is 5.73 Å². The second kappa shape index (κ2) is 6.66. The third kappa shape index (κ3) is 3.11. The van der Waals surface area contributed by atoms with Crippen molar-refractivity contribution in [3.63, 3.8) is 0 Å². The van der Waals surface area contributed by atoms with Gasteiger partial charge in [0.15, 0.2) is 5.82 Å². The molecule has 3 aromatic rings. The van der Waals surface area contributed by atoms with Gasteiger partial charge in [0, 0.05) is 36.6 Å². The molecular formula is C15H16N6OS. The van der Waals surface area contributed by atoms with E-state index in [1.54, 1.807) is 42.6 Å². The average Bonchev–Trinajstić information content (AvgIpc) is 2.99. The fraction of sp³-hybridized carbons (Fsp3) is 0.200. The Bertz CT molecular complexity index is 833. The number of carbonyl (C=O) groups is 1. The molecule has 3 heterocycles. The van der Waals surface area contributed by atoms with Crippen LogP contribution in [0.3, 0.4) is 0 Å². The summed E-state index contributed by atoms with van der Waals surface area (Å²) in [7, 11) is 0. The maximum Gasteiger partial charge on any atom is 0.259 e. The SMILES string of the molecule is CSCCn1cnc2c(N)ncc(C(=O)Nc3ccncc3)c21. The first kappa shape index (κ1) is 15.3. The molecule has 3 aromatic heterocycles. The van der Waals surface area contributed by atoms with E-state index in [0.29, 0.717) is 28.1 Å². The number of amides is 1. The Morgan fingerprint density at radius 2 is 2.13 bits per heavy atom. The lowest BCUT2D eigenvalue weighted by atomic mass is 10.2. The molecule has 0 fully saturated rings. The maximum atomic E-state index is 12.6. The largest absolute Gasteiger partial charge is 0.382 e. The van der Waals surface area contributed by atoms with Crippen molar-refractivity contribution in [2.24, 2.45) is 0 Å². The van der Waals surface area contributed by atoms with Gasteiger partial charge in [0.1, 0.15) is 5.52 Å². The lowest BCUT2D eigenvalue weighted by Gasteiger charge is -2.09. The molecule has 3 N–H and O–H groups in total. The van der Waals surface area contributed by atoms with Crippen molar-refractivity contribution in [2.45, 2.75) is 6.54 Å². The summed E-state index contributed by atoms with van der Waals surface area (Å²) in [6.45, 7) is 0.747. The molecular weight excluding hydrogens is 312 g/mol. The zero-order valence-corrected chi connectivity index (χ0v) is 13.4. The van der Waals surface area contributed by atoms with Crippen molar-refractivity contribution in [1.29, 1.82) is 0 Å². The summed E-state index contributed by atoms with van der Waals surface area (Å²) in [5.74, 6) is 0.988. The number of imidazole rings is 1. The summed E-state index contributed by atoms with van der Waals surface area (Å²) >= 11 is 1.73. The zero-order chi connectivity index (χ0) is 16.2. The van der Waals surface area contributed by atoms with Crippen LogP contribution in [-0.4, -0.2) is 37.4 Å². The molecule has 0 aliphatic rings. The predicted octanol–water partition coefficient (Wildman–Crippen LogP) is 2.02. The van der Waals surface area contributed by atoms with Crippen LogP contribution in [0.4, 0.5) is 11.5 Å². The average molecular weight is 328 g/mol. The molecule has 7 nitrogen and oxygen atoms in total. The quantitative estimate of drug-likeness (QED) is 0.743. The van der Waals surface area contributed by atoms with E-state index < -0.39 is 0 Å². The number of rotatable bonds is 5. The monoisotopic (exact) mass is 328 g/mol. The van der Waals surface area contributed by atoms with Crippen molar-refractivity contribution in [2.75, 3.05) is 23.1 Å². The van der Waals surface area contributed by atoms with Crippen molar-refractivity contribution >= 4 is 40.2 Å². The fourth-order valence-electron chi connectivity index (χ4n) is 2.27. The Labute approximate surface area is 137 Å². The summed E-state index contributed by atoms with van der Waals surface area (Å²) < 4.78 is 1.94. The van der Waals surface area contributed by atoms with Gasteiger partial charge < -0.3 is 15.6 Å². The van der Waals surface area contributed by atoms with E-state index in [2.05, 4.69) is 20.3 Å². The molecule has 0 aliphatic heterocycles. The number of anilines is 2. The van der Waals surface area contributed by atoms with Crippen LogP contribution in [0.1, 0.15) is 10.4 Å². The van der Waals surface area contributed by atoms with Crippen LogP contribution in [0.25, 0.3) is 11.0 Å². The van der Waals surface area contributed by atoms with Crippen LogP contribution in [0.15, 0.2) is 37.1 Å². The van der Waals surface area contributed by atoms with Crippen LogP contribution in [0, 0.1) is 0 Å². The molecule has 0 unspecified atom stereocenters. The number of thioether (sulfide) groups is 1. The Morgan fingerprint density at radius 1 is 1.35 bits per heavy atom. The van der Waals surface area contributed by atoms with Gasteiger partial charge in [0.25, 0.3) is 5.91 Å². The summed E-state index contributed by atoms with van der Waals surface area (Å²) in [6.07, 6.45) is 8.46. The first-order chi connectivity index (χ1) is 11.2. The van der Waals surface area contributed by atoms with Gasteiger partial charge >= 0.3 is 0 Å². The third-order valence-electron chi connectivity index (χ3n) is 3.39. The highest BCUT2D eigenvalue weighted by molar-refractivity contribution is 7.98. The van der Waals surface area contributed by atoms with Gasteiger partial charge in [-0.05, 0) is 18.4 Å². The highest BCUT2D eigenvalue weighted by Gasteiger charge is 2.17. The van der Waals surface area contributed by atoms with Gasteiger partial charge in [-0.15, -0.1) is 0 Å². The van der Waals surface area contributed by atoms with Crippen LogP contribution in [0.5, 0.6) is 0 Å². The fourth-order valence-corrected chi connectivity index (χ4v) is 2.65. The standard InChI is InChI=1S/C15H16N6OS/c1-23-7-6-21-9-19-12-13(21)11(8-18-14(12)16)15(22)20-10-2-4-17-5-3-10/h2-5,8-9H,6-7H2,1H3,(H2,16,18)(H,17,20,22). The Balaban J connectivity index is 2.00. The maximum absolute atomic E-state index is 12.6. The highest BCUT2D eigenvalue weighted by atomic mass is 32.2. The topological polar surface area (TPSA) is 98.7 Å². The first-order valence-electron chi connectivity index (χ1n) is 7.00. The number of aromatic nitrogens is 4. The van der Waals surface area contributed by atoms with Crippen molar-refractivity contribution in [1.82, 2.24) is 19.5 Å². The molecule has 8 heteroatoms. The van der Waals surface area contributed by atoms with E-state index in [-0.39, 0.29) is 5.91 Å². The second-order valence-electron chi connectivity index (χ2n) is 4.88. The zero-order valence-electron chi connectivity index (χ0n) is 12.6. The molecule has 23 heavy (non-hydrogen) atoms. The van der Waals surface area contributed by atoms with Crippen LogP contribution in [0.2, 0.25) is 0 Å². The molecule has 1 amide bonds. The molecule has 0 aromatic carbocycles. The van der Waals surface area contributed by atoms with Gasteiger partial charge in [0.2, 0.25) is 0 Å². The number of nitrogen functional groups attached to an aromatic ring is 1. The number of nitrogens with one attached hydrogen (secondary N) is 1. The lowest BCUT2D eigenvalue weighted by molar-refractivity contribution is 0.102. The number of hydrogen-bond donors (Lipinski definition) is 2. The molecule has 0 bridgehead atoms. The normalized spacial score (nSPS) is 10.8. The molecule has 0 atom stereocenters. The van der Waals surface area contributed by atoms with Gasteiger partial charge in [-0.3, -0.25) is 9.78 Å². The van der Waals surface area contributed by atoms with E-state index in [0.717, 1.165) is 12.3 Å². The van der Waals surface area contributed by atoms with E-state index in [9.17, 15) is 4.79 Å². The number of hydrogen-bond acceptors (Lipinski definition) is 6. The molecule has 0 radical (unpaired) electrons. The second-order valence-corrected chi connectivity index (χ2v) is 5.86. The predicted molar refractivity (Wildman–Crippen MR) is 92.5 cm³/mol. The molecule has 118 valence electrons. The highest BCUT2D eigenvalue weighted by Crippen LogP contribution is 2.23. The third-order valence-corrected chi connectivity index (χ3v) is 3.98. The van der Waals surface area contributed by atoms with E-state index in [1.165, 1.54) is 6.20 Å². The summed E-state index contributed by atoms with van der Waals surface area (Å²) in [6, 6.07) is 3.45. The smallest absolute Gasteiger partial charge is 0.259 e. The number of nitrogens with zero attached hydrogens (tertiary/aromatic N) is 4.